The molecule has 0 aromatic heterocycles. The van der Waals surface area contributed by atoms with Gasteiger partial charge in [0, 0.05) is 6.42 Å². The Morgan fingerprint density at radius 2 is 1.11 bits per heavy atom. The molecule has 214 valence electrons. The molecule has 3 atom stereocenters. The van der Waals surface area contributed by atoms with Gasteiger partial charge in [-0.3, -0.25) is 4.79 Å². The lowest BCUT2D eigenvalue weighted by molar-refractivity contribution is -0.204. The Bertz CT molecular complexity index is 496. The molecule has 0 saturated carbocycles. The summed E-state index contributed by atoms with van der Waals surface area (Å²) in [5, 5.41) is 29.0. The fourth-order valence-corrected chi connectivity index (χ4v) is 4.74. The number of aliphatic hydroxyl groups excluding tert-OH is 3. The zero-order valence-corrected chi connectivity index (χ0v) is 23.0. The third kappa shape index (κ3) is 16.9. The van der Waals surface area contributed by atoms with Crippen molar-refractivity contribution >= 4 is 5.97 Å². The molecular formula is C29H56O7. The Kier molecular flexibility index (Phi) is 21.6. The predicted octanol–water partition coefficient (Wildman–Crippen LogP) is 5.81. The predicted molar refractivity (Wildman–Crippen MR) is 143 cm³/mol. The molecule has 0 aromatic rings. The van der Waals surface area contributed by atoms with Crippen LogP contribution in [0.25, 0.3) is 0 Å². The maximum atomic E-state index is 12.2. The molecule has 1 aliphatic rings. The zero-order chi connectivity index (χ0) is 26.3. The lowest BCUT2D eigenvalue weighted by Gasteiger charge is -2.29. The molecule has 7 nitrogen and oxygen atoms in total. The van der Waals surface area contributed by atoms with Crippen LogP contribution >= 0.6 is 0 Å². The number of rotatable bonds is 25. The van der Waals surface area contributed by atoms with Gasteiger partial charge in [-0.1, -0.05) is 122 Å². The summed E-state index contributed by atoms with van der Waals surface area (Å²) in [6.07, 6.45) is 20.0. The van der Waals surface area contributed by atoms with Gasteiger partial charge in [-0.05, 0) is 6.42 Å². The van der Waals surface area contributed by atoms with E-state index in [2.05, 4.69) is 6.92 Å². The summed E-state index contributed by atoms with van der Waals surface area (Å²) in [7, 11) is 0. The van der Waals surface area contributed by atoms with E-state index >= 15 is 0 Å². The number of hydrogen-bond donors (Lipinski definition) is 3. The molecule has 1 rings (SSSR count). The summed E-state index contributed by atoms with van der Waals surface area (Å²) in [5.41, 5.74) is 0. The van der Waals surface area contributed by atoms with Crippen molar-refractivity contribution < 1.29 is 34.3 Å². The topological polar surface area (TPSA) is 105 Å². The van der Waals surface area contributed by atoms with Crippen molar-refractivity contribution in [3.63, 3.8) is 0 Å². The van der Waals surface area contributed by atoms with Crippen LogP contribution < -0.4 is 0 Å². The van der Waals surface area contributed by atoms with Gasteiger partial charge in [0.2, 0.25) is 0 Å². The van der Waals surface area contributed by atoms with Crippen molar-refractivity contribution in [2.24, 2.45) is 0 Å². The van der Waals surface area contributed by atoms with E-state index in [4.69, 9.17) is 19.3 Å². The molecule has 0 aliphatic carbocycles. The average molecular weight is 517 g/mol. The van der Waals surface area contributed by atoms with Crippen molar-refractivity contribution in [1.29, 1.82) is 0 Å². The van der Waals surface area contributed by atoms with Crippen molar-refractivity contribution in [3.05, 3.63) is 0 Å². The molecule has 0 unspecified atom stereocenters. The van der Waals surface area contributed by atoms with Crippen molar-refractivity contribution in [2.75, 3.05) is 19.8 Å². The Labute approximate surface area is 220 Å². The fourth-order valence-electron chi connectivity index (χ4n) is 4.74. The van der Waals surface area contributed by atoms with Gasteiger partial charge in [0.1, 0.15) is 12.2 Å². The van der Waals surface area contributed by atoms with E-state index in [0.29, 0.717) is 13.2 Å². The first-order chi connectivity index (χ1) is 17.6. The van der Waals surface area contributed by atoms with E-state index in [1.54, 1.807) is 0 Å². The highest BCUT2D eigenvalue weighted by Gasteiger charge is 2.39. The summed E-state index contributed by atoms with van der Waals surface area (Å²) in [6, 6.07) is 0. The van der Waals surface area contributed by atoms with Gasteiger partial charge in [0.05, 0.1) is 19.8 Å². The van der Waals surface area contributed by atoms with E-state index in [1.807, 2.05) is 0 Å². The van der Waals surface area contributed by atoms with Gasteiger partial charge in [-0.25, -0.2) is 0 Å². The Hall–Kier alpha value is -0.730. The van der Waals surface area contributed by atoms with Crippen molar-refractivity contribution in [2.45, 2.75) is 160 Å². The maximum absolute atomic E-state index is 12.2. The third-order valence-electron chi connectivity index (χ3n) is 7.09. The first-order valence-corrected chi connectivity index (χ1v) is 15.0. The summed E-state index contributed by atoms with van der Waals surface area (Å²) >= 11 is 0. The van der Waals surface area contributed by atoms with Crippen LogP contribution in [0.5, 0.6) is 0 Å². The smallest absolute Gasteiger partial charge is 0.306 e. The van der Waals surface area contributed by atoms with Gasteiger partial charge in [-0.15, -0.1) is 0 Å². The molecule has 1 saturated heterocycles. The first kappa shape index (κ1) is 33.3. The molecule has 1 aliphatic heterocycles. The molecule has 0 aromatic carbocycles. The number of ether oxygens (including phenoxy) is 3. The second-order valence-corrected chi connectivity index (χ2v) is 10.4. The Morgan fingerprint density at radius 1 is 0.722 bits per heavy atom. The molecule has 36 heavy (non-hydrogen) atoms. The summed E-state index contributed by atoms with van der Waals surface area (Å²) < 4.78 is 16.0. The highest BCUT2D eigenvalue weighted by molar-refractivity contribution is 5.69. The van der Waals surface area contributed by atoms with Crippen LogP contribution in [0.1, 0.15) is 135 Å². The lowest BCUT2D eigenvalue weighted by Crippen LogP contribution is -2.48. The minimum atomic E-state index is -1.47. The van der Waals surface area contributed by atoms with Crippen LogP contribution in [-0.2, 0) is 19.0 Å². The standard InChI is InChI=1S/C29H56O7/c1-2-3-4-5-6-7-8-9-10-11-12-13-14-15-16-17-18-19-20-21-26(32)36-28(27(33)25(31)24-30)29-34-22-23-35-29/h25,27-31,33H,2-24H2,1H3/t25-,27+,28-/m1/s1. The van der Waals surface area contributed by atoms with Crippen molar-refractivity contribution in [3.8, 4) is 0 Å². The van der Waals surface area contributed by atoms with Gasteiger partial charge in [0.15, 0.2) is 12.4 Å². The molecular weight excluding hydrogens is 460 g/mol. The quantitative estimate of drug-likeness (QED) is 0.104. The summed E-state index contributed by atoms with van der Waals surface area (Å²) in [6.45, 7) is 2.30. The second kappa shape index (κ2) is 23.4. The fraction of sp³-hybridized carbons (Fsp3) is 0.966. The van der Waals surface area contributed by atoms with Crippen LogP contribution in [0.15, 0.2) is 0 Å². The van der Waals surface area contributed by atoms with Crippen LogP contribution in [0, 0.1) is 0 Å². The lowest BCUT2D eigenvalue weighted by atomic mass is 10.0. The molecule has 0 bridgehead atoms. The monoisotopic (exact) mass is 516 g/mol. The average Bonchev–Trinajstić information content (AvgIpc) is 3.42. The van der Waals surface area contributed by atoms with E-state index < -0.39 is 37.2 Å². The first-order valence-electron chi connectivity index (χ1n) is 15.0. The van der Waals surface area contributed by atoms with E-state index in [9.17, 15) is 15.0 Å². The molecule has 1 heterocycles. The van der Waals surface area contributed by atoms with Gasteiger partial charge in [0.25, 0.3) is 0 Å². The van der Waals surface area contributed by atoms with E-state index in [-0.39, 0.29) is 6.42 Å². The van der Waals surface area contributed by atoms with Crippen molar-refractivity contribution in [1.82, 2.24) is 0 Å². The minimum absolute atomic E-state index is 0.254. The molecule has 3 N–H and O–H groups in total. The molecule has 1 fully saturated rings. The zero-order valence-electron chi connectivity index (χ0n) is 23.0. The maximum Gasteiger partial charge on any atom is 0.306 e. The largest absolute Gasteiger partial charge is 0.454 e. The molecule has 0 amide bonds. The van der Waals surface area contributed by atoms with Gasteiger partial charge >= 0.3 is 5.97 Å². The third-order valence-corrected chi connectivity index (χ3v) is 7.09. The van der Waals surface area contributed by atoms with Gasteiger partial charge in [-0.2, -0.15) is 0 Å². The number of carbonyl (C=O) groups excluding carboxylic acids is 1. The minimum Gasteiger partial charge on any atom is -0.454 e. The number of carbonyl (C=O) groups is 1. The van der Waals surface area contributed by atoms with Gasteiger partial charge < -0.3 is 29.5 Å². The van der Waals surface area contributed by atoms with Crippen LogP contribution in [0.2, 0.25) is 0 Å². The SMILES string of the molecule is CCCCCCCCCCCCCCCCCCCCCC(=O)O[C@@H](C1OCCO1)[C@@H](O)[C@H](O)CO. The Morgan fingerprint density at radius 3 is 1.50 bits per heavy atom. The normalized spacial score (nSPS) is 16.8. The summed E-state index contributed by atoms with van der Waals surface area (Å²) in [4.78, 5) is 12.2. The second-order valence-electron chi connectivity index (χ2n) is 10.4. The Balaban J connectivity index is 1.91. The van der Waals surface area contributed by atoms with Crippen LogP contribution in [0.4, 0.5) is 0 Å². The number of aliphatic hydroxyl groups is 3. The highest BCUT2D eigenvalue weighted by atomic mass is 16.7. The number of unbranched alkanes of at least 4 members (excludes halogenated alkanes) is 18. The highest BCUT2D eigenvalue weighted by Crippen LogP contribution is 2.19. The number of esters is 1. The number of hydrogen-bond acceptors (Lipinski definition) is 7. The van der Waals surface area contributed by atoms with E-state index in [1.165, 1.54) is 103 Å². The molecule has 0 radical (unpaired) electrons. The van der Waals surface area contributed by atoms with E-state index in [0.717, 1.165) is 19.3 Å². The molecule has 0 spiro atoms. The van der Waals surface area contributed by atoms with Crippen LogP contribution in [-0.4, -0.2) is 65.7 Å². The summed E-state index contributed by atoms with van der Waals surface area (Å²) in [5.74, 6) is -0.449. The van der Waals surface area contributed by atoms with Crippen LogP contribution in [0.3, 0.4) is 0 Å². The molecule has 7 heteroatoms.